The molecule has 1 heterocycles. The molecule has 0 amide bonds. The minimum Gasteiger partial charge on any atom is -0.308 e. The van der Waals surface area contributed by atoms with Crippen molar-refractivity contribution in [2.45, 2.75) is 46.2 Å². The van der Waals surface area contributed by atoms with Gasteiger partial charge in [-0.15, -0.1) is 21.5 Å². The average Bonchev–Trinajstić information content (AvgIpc) is 2.50. The summed E-state index contributed by atoms with van der Waals surface area (Å²) in [4.78, 5) is 0. The third kappa shape index (κ3) is 3.83. The largest absolute Gasteiger partial charge is 0.308 e. The Labute approximate surface area is 83.6 Å². The molecule has 0 saturated heterocycles. The van der Waals surface area contributed by atoms with Gasteiger partial charge in [-0.05, 0) is 6.42 Å². The van der Waals surface area contributed by atoms with Crippen molar-refractivity contribution in [1.29, 1.82) is 0 Å². The van der Waals surface area contributed by atoms with Crippen LogP contribution in [0, 0.1) is 0 Å². The number of nitrogens with zero attached hydrogens (tertiary/aromatic N) is 2. The van der Waals surface area contributed by atoms with E-state index >= 15 is 0 Å². The summed E-state index contributed by atoms with van der Waals surface area (Å²) in [6.45, 7) is 7.27. The number of aryl methyl sites for hydroxylation is 1. The highest BCUT2D eigenvalue weighted by molar-refractivity contribution is 7.11. The molecule has 0 saturated carbocycles. The monoisotopic (exact) mass is 199 g/mol. The molecule has 4 heteroatoms. The molecule has 0 fully saturated rings. The lowest BCUT2D eigenvalue weighted by Gasteiger charge is -2.03. The van der Waals surface area contributed by atoms with Crippen molar-refractivity contribution in [3.05, 3.63) is 10.0 Å². The number of hydrogen-bond donors (Lipinski definition) is 1. The lowest BCUT2D eigenvalue weighted by Crippen LogP contribution is -2.21. The molecule has 13 heavy (non-hydrogen) atoms. The maximum Gasteiger partial charge on any atom is 0.131 e. The Kier molecular flexibility index (Phi) is 4.32. The smallest absolute Gasteiger partial charge is 0.131 e. The number of aromatic nitrogens is 2. The van der Waals surface area contributed by atoms with Gasteiger partial charge in [0.15, 0.2) is 0 Å². The van der Waals surface area contributed by atoms with Crippen LogP contribution in [0.15, 0.2) is 0 Å². The van der Waals surface area contributed by atoms with Crippen LogP contribution in [-0.4, -0.2) is 16.2 Å². The molecule has 1 aromatic rings. The van der Waals surface area contributed by atoms with Crippen molar-refractivity contribution in [3.63, 3.8) is 0 Å². The summed E-state index contributed by atoms with van der Waals surface area (Å²) < 4.78 is 0. The first kappa shape index (κ1) is 10.6. The molecule has 0 unspecified atom stereocenters. The molecule has 0 aromatic carbocycles. The molecule has 0 atom stereocenters. The number of rotatable bonds is 5. The summed E-state index contributed by atoms with van der Waals surface area (Å²) in [6.07, 6.45) is 2.20. The summed E-state index contributed by atoms with van der Waals surface area (Å²) >= 11 is 1.71. The molecule has 74 valence electrons. The second-order valence-corrected chi connectivity index (χ2v) is 4.52. The minimum atomic E-state index is 0.513. The van der Waals surface area contributed by atoms with E-state index in [-0.39, 0.29) is 0 Å². The van der Waals surface area contributed by atoms with E-state index in [1.54, 1.807) is 11.3 Å². The van der Waals surface area contributed by atoms with Crippen LogP contribution in [0.4, 0.5) is 0 Å². The summed E-state index contributed by atoms with van der Waals surface area (Å²) in [6, 6.07) is 0.513. The van der Waals surface area contributed by atoms with Crippen LogP contribution in [0.25, 0.3) is 0 Å². The second-order valence-electron chi connectivity index (χ2n) is 3.38. The first-order valence-corrected chi connectivity index (χ1v) is 5.58. The predicted octanol–water partition coefficient (Wildman–Crippen LogP) is 1.99. The Morgan fingerprint density at radius 2 is 2.00 bits per heavy atom. The lowest BCUT2D eigenvalue weighted by molar-refractivity contribution is 0.584. The summed E-state index contributed by atoms with van der Waals surface area (Å²) in [5.74, 6) is 0. The number of nitrogens with one attached hydrogen (secondary N) is 1. The molecule has 0 radical (unpaired) electrons. The molecule has 1 N–H and O–H groups in total. The van der Waals surface area contributed by atoms with Gasteiger partial charge in [-0.1, -0.05) is 20.8 Å². The Bertz CT molecular complexity index is 245. The van der Waals surface area contributed by atoms with Crippen LogP contribution in [0.3, 0.4) is 0 Å². The maximum absolute atomic E-state index is 4.11. The standard InChI is InChI=1S/C9H17N3S/c1-4-5-8-11-12-9(13-8)6-10-7(2)3/h7,10H,4-6H2,1-3H3. The zero-order valence-corrected chi connectivity index (χ0v) is 9.32. The van der Waals surface area contributed by atoms with Crippen molar-refractivity contribution in [2.24, 2.45) is 0 Å². The van der Waals surface area contributed by atoms with E-state index in [0.717, 1.165) is 29.4 Å². The first-order valence-electron chi connectivity index (χ1n) is 4.77. The quantitative estimate of drug-likeness (QED) is 0.788. The third-order valence-electron chi connectivity index (χ3n) is 1.63. The SMILES string of the molecule is CCCc1nnc(CNC(C)C)s1. The van der Waals surface area contributed by atoms with E-state index in [4.69, 9.17) is 0 Å². The molecule has 0 aliphatic carbocycles. The van der Waals surface area contributed by atoms with Crippen LogP contribution >= 0.6 is 11.3 Å². The van der Waals surface area contributed by atoms with Gasteiger partial charge in [-0.25, -0.2) is 0 Å². The van der Waals surface area contributed by atoms with Gasteiger partial charge in [0.1, 0.15) is 10.0 Å². The highest BCUT2D eigenvalue weighted by Crippen LogP contribution is 2.11. The third-order valence-corrected chi connectivity index (χ3v) is 2.62. The minimum absolute atomic E-state index is 0.513. The highest BCUT2D eigenvalue weighted by Gasteiger charge is 2.03. The topological polar surface area (TPSA) is 37.8 Å². The Balaban J connectivity index is 2.39. The van der Waals surface area contributed by atoms with Gasteiger partial charge in [0, 0.05) is 19.0 Å². The lowest BCUT2D eigenvalue weighted by atomic mass is 10.4. The van der Waals surface area contributed by atoms with Crippen molar-refractivity contribution in [3.8, 4) is 0 Å². The van der Waals surface area contributed by atoms with Crippen LogP contribution in [-0.2, 0) is 13.0 Å². The molecule has 0 bridgehead atoms. The van der Waals surface area contributed by atoms with Crippen molar-refractivity contribution in [1.82, 2.24) is 15.5 Å². The van der Waals surface area contributed by atoms with Gasteiger partial charge < -0.3 is 5.32 Å². The van der Waals surface area contributed by atoms with E-state index in [1.807, 2.05) is 0 Å². The fourth-order valence-electron chi connectivity index (χ4n) is 0.966. The van der Waals surface area contributed by atoms with Crippen molar-refractivity contribution >= 4 is 11.3 Å². The molecular formula is C9H17N3S. The fourth-order valence-corrected chi connectivity index (χ4v) is 1.86. The molecule has 3 nitrogen and oxygen atoms in total. The summed E-state index contributed by atoms with van der Waals surface area (Å²) in [5, 5.41) is 13.8. The Hall–Kier alpha value is -0.480. The van der Waals surface area contributed by atoms with E-state index in [1.165, 1.54) is 0 Å². The van der Waals surface area contributed by atoms with Gasteiger partial charge in [0.25, 0.3) is 0 Å². The maximum atomic E-state index is 4.11. The molecule has 0 aliphatic rings. The number of hydrogen-bond acceptors (Lipinski definition) is 4. The Morgan fingerprint density at radius 3 is 2.62 bits per heavy atom. The summed E-state index contributed by atoms with van der Waals surface area (Å²) in [7, 11) is 0. The molecule has 1 aromatic heterocycles. The normalized spacial score (nSPS) is 11.1. The van der Waals surface area contributed by atoms with E-state index in [9.17, 15) is 0 Å². The molecule has 0 aliphatic heterocycles. The Morgan fingerprint density at radius 1 is 1.31 bits per heavy atom. The molecule has 1 rings (SSSR count). The molecule has 0 spiro atoms. The summed E-state index contributed by atoms with van der Waals surface area (Å²) in [5.41, 5.74) is 0. The fraction of sp³-hybridized carbons (Fsp3) is 0.778. The van der Waals surface area contributed by atoms with Gasteiger partial charge >= 0.3 is 0 Å². The second kappa shape index (κ2) is 5.29. The van der Waals surface area contributed by atoms with E-state index < -0.39 is 0 Å². The average molecular weight is 199 g/mol. The highest BCUT2D eigenvalue weighted by atomic mass is 32.1. The van der Waals surface area contributed by atoms with Crippen LogP contribution in [0.1, 0.15) is 37.2 Å². The van der Waals surface area contributed by atoms with Gasteiger partial charge in [-0.2, -0.15) is 0 Å². The first-order chi connectivity index (χ1) is 6.22. The van der Waals surface area contributed by atoms with Gasteiger partial charge in [-0.3, -0.25) is 0 Å². The van der Waals surface area contributed by atoms with E-state index in [0.29, 0.717) is 6.04 Å². The van der Waals surface area contributed by atoms with Crippen molar-refractivity contribution < 1.29 is 0 Å². The van der Waals surface area contributed by atoms with Crippen molar-refractivity contribution in [2.75, 3.05) is 0 Å². The predicted molar refractivity (Wildman–Crippen MR) is 55.9 cm³/mol. The van der Waals surface area contributed by atoms with Gasteiger partial charge in [0.2, 0.25) is 0 Å². The van der Waals surface area contributed by atoms with E-state index in [2.05, 4.69) is 36.3 Å². The van der Waals surface area contributed by atoms with Gasteiger partial charge in [0.05, 0.1) is 0 Å². The zero-order chi connectivity index (χ0) is 9.68. The van der Waals surface area contributed by atoms with Crippen LogP contribution < -0.4 is 5.32 Å². The van der Waals surface area contributed by atoms with Crippen LogP contribution in [0.2, 0.25) is 0 Å². The molecular weight excluding hydrogens is 182 g/mol. The van der Waals surface area contributed by atoms with Crippen LogP contribution in [0.5, 0.6) is 0 Å². The zero-order valence-electron chi connectivity index (χ0n) is 8.50.